The summed E-state index contributed by atoms with van der Waals surface area (Å²) in [6.45, 7) is 8.03. The average molecular weight is 236 g/mol. The maximum absolute atomic E-state index is 4.25. The molecule has 0 aliphatic carbocycles. The van der Waals surface area contributed by atoms with Crippen LogP contribution < -0.4 is 5.32 Å². The fourth-order valence-electron chi connectivity index (χ4n) is 2.37. The molecule has 4 heteroatoms. The molecule has 0 bridgehead atoms. The molecule has 1 aliphatic rings. The van der Waals surface area contributed by atoms with Gasteiger partial charge < -0.3 is 10.2 Å². The first-order valence-corrected chi connectivity index (χ1v) is 6.68. The van der Waals surface area contributed by atoms with Crippen molar-refractivity contribution in [2.24, 2.45) is 7.05 Å². The Kier molecular flexibility index (Phi) is 4.57. The van der Waals surface area contributed by atoms with Gasteiger partial charge in [0, 0.05) is 24.8 Å². The quantitative estimate of drug-likeness (QED) is 0.756. The highest BCUT2D eigenvalue weighted by molar-refractivity contribution is 5.15. The van der Waals surface area contributed by atoms with Gasteiger partial charge in [0.1, 0.15) is 0 Å². The van der Waals surface area contributed by atoms with Crippen molar-refractivity contribution in [2.75, 3.05) is 26.2 Å². The Morgan fingerprint density at radius 2 is 2.12 bits per heavy atom. The molecule has 96 valence electrons. The summed E-state index contributed by atoms with van der Waals surface area (Å²) in [6, 6.07) is 0. The lowest BCUT2D eigenvalue weighted by Crippen LogP contribution is -2.24. The van der Waals surface area contributed by atoms with Gasteiger partial charge in [0.25, 0.3) is 0 Å². The molecule has 0 radical (unpaired) electrons. The molecule has 0 amide bonds. The molecule has 1 fully saturated rings. The van der Waals surface area contributed by atoms with Gasteiger partial charge in [-0.1, -0.05) is 0 Å². The minimum absolute atomic E-state index is 0.944. The molecule has 0 saturated carbocycles. The monoisotopic (exact) mass is 236 g/mol. The van der Waals surface area contributed by atoms with Crippen molar-refractivity contribution in [2.45, 2.75) is 32.7 Å². The van der Waals surface area contributed by atoms with E-state index in [9.17, 15) is 0 Å². The highest BCUT2D eigenvalue weighted by Gasteiger charge is 2.10. The molecule has 1 aromatic heterocycles. The standard InChI is InChI=1S/C13H24N4/c1-12-13(11-15-16(12)2)10-14-6-5-9-17-7-3-4-8-17/h11,14H,3-10H2,1-2H3. The fourth-order valence-corrected chi connectivity index (χ4v) is 2.37. The molecule has 1 saturated heterocycles. The molecule has 0 spiro atoms. The molecule has 17 heavy (non-hydrogen) atoms. The van der Waals surface area contributed by atoms with Crippen molar-refractivity contribution in [1.29, 1.82) is 0 Å². The summed E-state index contributed by atoms with van der Waals surface area (Å²) in [5.74, 6) is 0. The molecular weight excluding hydrogens is 212 g/mol. The summed E-state index contributed by atoms with van der Waals surface area (Å²) in [7, 11) is 1.99. The van der Waals surface area contributed by atoms with Crippen molar-refractivity contribution in [3.8, 4) is 0 Å². The van der Waals surface area contributed by atoms with Crippen LogP contribution in [0.25, 0.3) is 0 Å². The predicted molar refractivity (Wildman–Crippen MR) is 69.9 cm³/mol. The van der Waals surface area contributed by atoms with Crippen LogP contribution in [0.15, 0.2) is 6.20 Å². The second-order valence-corrected chi connectivity index (χ2v) is 4.96. The Morgan fingerprint density at radius 1 is 1.35 bits per heavy atom. The Bertz CT molecular complexity index is 339. The van der Waals surface area contributed by atoms with Crippen LogP contribution >= 0.6 is 0 Å². The summed E-state index contributed by atoms with van der Waals surface area (Å²) < 4.78 is 1.93. The van der Waals surface area contributed by atoms with E-state index >= 15 is 0 Å². The lowest BCUT2D eigenvalue weighted by Gasteiger charge is -2.14. The number of hydrogen-bond donors (Lipinski definition) is 1. The van der Waals surface area contributed by atoms with E-state index in [0.717, 1.165) is 13.1 Å². The van der Waals surface area contributed by atoms with Crippen molar-refractivity contribution < 1.29 is 0 Å². The molecule has 1 aliphatic heterocycles. The van der Waals surface area contributed by atoms with Crippen molar-refractivity contribution in [1.82, 2.24) is 20.0 Å². The molecule has 2 rings (SSSR count). The third-order valence-corrected chi connectivity index (χ3v) is 3.68. The minimum atomic E-state index is 0.944. The lowest BCUT2D eigenvalue weighted by molar-refractivity contribution is 0.331. The first-order chi connectivity index (χ1) is 8.27. The molecule has 1 N–H and O–H groups in total. The summed E-state index contributed by atoms with van der Waals surface area (Å²) in [5.41, 5.74) is 2.57. The van der Waals surface area contributed by atoms with Crippen LogP contribution in [0.2, 0.25) is 0 Å². The van der Waals surface area contributed by atoms with Crippen molar-refractivity contribution >= 4 is 0 Å². The van der Waals surface area contributed by atoms with E-state index in [4.69, 9.17) is 0 Å². The van der Waals surface area contributed by atoms with E-state index in [1.165, 1.54) is 50.2 Å². The van der Waals surface area contributed by atoms with E-state index < -0.39 is 0 Å². The van der Waals surface area contributed by atoms with Gasteiger partial charge in [0.05, 0.1) is 6.20 Å². The second-order valence-electron chi connectivity index (χ2n) is 4.96. The van der Waals surface area contributed by atoms with E-state index in [0.29, 0.717) is 0 Å². The van der Waals surface area contributed by atoms with Crippen LogP contribution in [0.3, 0.4) is 0 Å². The minimum Gasteiger partial charge on any atom is -0.312 e. The first kappa shape index (κ1) is 12.6. The smallest absolute Gasteiger partial charge is 0.0537 e. The average Bonchev–Trinajstić information content (AvgIpc) is 2.93. The number of aromatic nitrogens is 2. The number of rotatable bonds is 6. The predicted octanol–water partition coefficient (Wildman–Crippen LogP) is 1.30. The lowest BCUT2D eigenvalue weighted by atomic mass is 10.2. The molecule has 0 unspecified atom stereocenters. The number of aryl methyl sites for hydroxylation is 1. The van der Waals surface area contributed by atoms with Crippen LogP contribution in [0.5, 0.6) is 0 Å². The molecule has 0 aromatic carbocycles. The summed E-state index contributed by atoms with van der Waals surface area (Å²) in [5, 5.41) is 7.75. The maximum Gasteiger partial charge on any atom is 0.0537 e. The van der Waals surface area contributed by atoms with Gasteiger partial charge in [-0.2, -0.15) is 5.10 Å². The molecule has 2 heterocycles. The number of hydrogen-bond acceptors (Lipinski definition) is 3. The number of likely N-dealkylation sites (tertiary alicyclic amines) is 1. The van der Waals surface area contributed by atoms with Gasteiger partial charge in [-0.15, -0.1) is 0 Å². The highest BCUT2D eigenvalue weighted by Crippen LogP contribution is 2.07. The Labute approximate surface area is 104 Å². The Balaban J connectivity index is 1.58. The van der Waals surface area contributed by atoms with Crippen LogP contribution in [0.4, 0.5) is 0 Å². The van der Waals surface area contributed by atoms with E-state index in [2.05, 4.69) is 22.2 Å². The van der Waals surface area contributed by atoms with Crippen molar-refractivity contribution in [3.05, 3.63) is 17.5 Å². The summed E-state index contributed by atoms with van der Waals surface area (Å²) in [6.07, 6.45) is 5.99. The van der Waals surface area contributed by atoms with Crippen LogP contribution in [-0.2, 0) is 13.6 Å². The van der Waals surface area contributed by atoms with Gasteiger partial charge in [0.2, 0.25) is 0 Å². The van der Waals surface area contributed by atoms with Gasteiger partial charge in [-0.05, 0) is 52.4 Å². The van der Waals surface area contributed by atoms with E-state index in [-0.39, 0.29) is 0 Å². The summed E-state index contributed by atoms with van der Waals surface area (Å²) in [4.78, 5) is 2.57. The highest BCUT2D eigenvalue weighted by atomic mass is 15.3. The zero-order chi connectivity index (χ0) is 12.1. The largest absolute Gasteiger partial charge is 0.312 e. The summed E-state index contributed by atoms with van der Waals surface area (Å²) >= 11 is 0. The Morgan fingerprint density at radius 3 is 2.76 bits per heavy atom. The maximum atomic E-state index is 4.25. The van der Waals surface area contributed by atoms with Gasteiger partial charge in [-0.25, -0.2) is 0 Å². The zero-order valence-electron chi connectivity index (χ0n) is 11.1. The second kappa shape index (κ2) is 6.17. The van der Waals surface area contributed by atoms with Crippen LogP contribution in [-0.4, -0.2) is 40.9 Å². The zero-order valence-corrected chi connectivity index (χ0v) is 11.1. The van der Waals surface area contributed by atoms with Crippen molar-refractivity contribution in [3.63, 3.8) is 0 Å². The van der Waals surface area contributed by atoms with E-state index in [1.807, 2.05) is 17.9 Å². The number of nitrogens with one attached hydrogen (secondary N) is 1. The van der Waals surface area contributed by atoms with Gasteiger partial charge >= 0.3 is 0 Å². The van der Waals surface area contributed by atoms with Gasteiger partial charge in [0.15, 0.2) is 0 Å². The molecule has 1 aromatic rings. The topological polar surface area (TPSA) is 33.1 Å². The fraction of sp³-hybridized carbons (Fsp3) is 0.769. The van der Waals surface area contributed by atoms with Crippen LogP contribution in [0.1, 0.15) is 30.5 Å². The van der Waals surface area contributed by atoms with Crippen LogP contribution in [0, 0.1) is 6.92 Å². The third kappa shape index (κ3) is 3.54. The SMILES string of the molecule is Cc1c(CNCCCN2CCCC2)cnn1C. The molecule has 0 atom stereocenters. The molecular formula is C13H24N4. The first-order valence-electron chi connectivity index (χ1n) is 6.68. The number of nitrogens with zero attached hydrogens (tertiary/aromatic N) is 3. The van der Waals surface area contributed by atoms with Gasteiger partial charge in [-0.3, -0.25) is 4.68 Å². The normalized spacial score (nSPS) is 16.8. The Hall–Kier alpha value is -0.870. The van der Waals surface area contributed by atoms with E-state index in [1.54, 1.807) is 0 Å². The third-order valence-electron chi connectivity index (χ3n) is 3.68. The molecule has 4 nitrogen and oxygen atoms in total.